The fourth-order valence-electron chi connectivity index (χ4n) is 3.11. The number of ether oxygens (including phenoxy) is 1. The molecule has 1 atom stereocenters. The van der Waals surface area contributed by atoms with E-state index in [1.165, 1.54) is 18.0 Å². The summed E-state index contributed by atoms with van der Waals surface area (Å²) in [6.07, 6.45) is 2.59. The average molecular weight is 423 g/mol. The Hall–Kier alpha value is -3.85. The molecule has 0 unspecified atom stereocenters. The monoisotopic (exact) mass is 423 g/mol. The lowest BCUT2D eigenvalue weighted by molar-refractivity contribution is -0.116. The summed E-state index contributed by atoms with van der Waals surface area (Å²) in [4.78, 5) is 23.8. The maximum atomic E-state index is 11.4. The van der Waals surface area contributed by atoms with Crippen LogP contribution in [-0.4, -0.2) is 47.6 Å². The number of nitrogens with one attached hydrogen (secondary N) is 1. The smallest absolute Gasteiger partial charge is 0.332 e. The normalized spacial score (nSPS) is 12.1. The van der Waals surface area contributed by atoms with Crippen LogP contribution in [0.3, 0.4) is 0 Å². The van der Waals surface area contributed by atoms with Crippen molar-refractivity contribution in [3.05, 3.63) is 60.3 Å². The van der Waals surface area contributed by atoms with Gasteiger partial charge in [-0.3, -0.25) is 4.79 Å². The van der Waals surface area contributed by atoms with Gasteiger partial charge >= 0.3 is 6.03 Å². The zero-order valence-electron chi connectivity index (χ0n) is 17.4. The topological polar surface area (TPSA) is 122 Å². The molecule has 2 aromatic carbocycles. The summed E-state index contributed by atoms with van der Waals surface area (Å²) in [6.45, 7) is 1.90. The van der Waals surface area contributed by atoms with Crippen LogP contribution in [0.4, 0.5) is 10.5 Å². The Balaban J connectivity index is 1.65. The third-order valence-corrected chi connectivity index (χ3v) is 4.74. The number of anilines is 1. The Morgan fingerprint density at radius 2 is 1.97 bits per heavy atom. The maximum Gasteiger partial charge on any atom is 0.332 e. The molecule has 0 saturated carbocycles. The van der Waals surface area contributed by atoms with Gasteiger partial charge < -0.3 is 25.0 Å². The number of nitrogens with two attached hydrogens (primary N) is 1. The van der Waals surface area contributed by atoms with Crippen molar-refractivity contribution < 1.29 is 19.4 Å². The van der Waals surface area contributed by atoms with Crippen LogP contribution in [0.1, 0.15) is 12.5 Å². The minimum absolute atomic E-state index is 0.0575. The highest BCUT2D eigenvalue weighted by Crippen LogP contribution is 2.21. The highest BCUT2D eigenvalue weighted by molar-refractivity contribution is 5.99. The molecule has 31 heavy (non-hydrogen) atoms. The lowest BCUT2D eigenvalue weighted by Crippen LogP contribution is -2.24. The third kappa shape index (κ3) is 5.61. The average Bonchev–Trinajstić information content (AvgIpc) is 3.09. The predicted octanol–water partition coefficient (Wildman–Crippen LogP) is 2.07. The number of carbonyl (C=O) groups is 2. The summed E-state index contributed by atoms with van der Waals surface area (Å²) in [7, 11) is 1.70. The van der Waals surface area contributed by atoms with E-state index in [2.05, 4.69) is 10.5 Å². The van der Waals surface area contributed by atoms with Crippen molar-refractivity contribution >= 4 is 34.7 Å². The van der Waals surface area contributed by atoms with Gasteiger partial charge in [-0.05, 0) is 30.3 Å². The number of hydrogen-bond donors (Lipinski definition) is 3. The second kappa shape index (κ2) is 9.77. The molecule has 3 aromatic rings. The number of hydrogen-bond acceptors (Lipinski definition) is 5. The number of urea groups is 1. The first-order valence-electron chi connectivity index (χ1n) is 9.66. The highest BCUT2D eigenvalue weighted by atomic mass is 16.5. The van der Waals surface area contributed by atoms with Gasteiger partial charge in [0.25, 0.3) is 0 Å². The van der Waals surface area contributed by atoms with Gasteiger partial charge in [0.2, 0.25) is 5.91 Å². The molecule has 3 rings (SSSR count). The van der Waals surface area contributed by atoms with E-state index >= 15 is 0 Å². The van der Waals surface area contributed by atoms with Crippen molar-refractivity contribution in [2.45, 2.75) is 19.6 Å². The Kier molecular flexibility index (Phi) is 6.88. The number of fused-ring (bicyclic) bond motifs is 1. The summed E-state index contributed by atoms with van der Waals surface area (Å²) in [6, 6.07) is 14.0. The molecular formula is C22H25N5O4. The number of benzene rings is 2. The summed E-state index contributed by atoms with van der Waals surface area (Å²) < 4.78 is 7.59. The van der Waals surface area contributed by atoms with Gasteiger partial charge in [-0.15, -0.1) is 0 Å². The van der Waals surface area contributed by atoms with Crippen molar-refractivity contribution in [2.24, 2.45) is 10.8 Å². The Labute approximate surface area is 179 Å². The van der Waals surface area contributed by atoms with Crippen LogP contribution >= 0.6 is 0 Å². The number of rotatable bonds is 8. The van der Waals surface area contributed by atoms with Gasteiger partial charge in [-0.25, -0.2) is 10.2 Å². The Morgan fingerprint density at radius 3 is 2.65 bits per heavy atom. The van der Waals surface area contributed by atoms with Gasteiger partial charge in [0, 0.05) is 42.3 Å². The van der Waals surface area contributed by atoms with Crippen molar-refractivity contribution in [1.29, 1.82) is 0 Å². The lowest BCUT2D eigenvalue weighted by atomic mass is 10.2. The standard InChI is InChI=1S/C22H25N5O4/c1-15(28)26(2)17-7-9-19(10-8-17)31-14-18(29)13-27-12-16(11-24-25-22(23)30)20-5-3-4-6-21(20)27/h3-12,18,29H,13-14H2,1-2H3,(H3,23,25,30)/b24-11-/t18-/m1/s1. The van der Waals surface area contributed by atoms with Crippen molar-refractivity contribution in [1.82, 2.24) is 9.99 Å². The fourth-order valence-corrected chi connectivity index (χ4v) is 3.11. The molecule has 1 heterocycles. The van der Waals surface area contributed by atoms with E-state index in [1.807, 2.05) is 35.0 Å². The largest absolute Gasteiger partial charge is 0.491 e. The molecule has 162 valence electrons. The van der Waals surface area contributed by atoms with E-state index in [-0.39, 0.29) is 12.5 Å². The van der Waals surface area contributed by atoms with Crippen molar-refractivity contribution in [3.63, 3.8) is 0 Å². The molecule has 1 aromatic heterocycles. The van der Waals surface area contributed by atoms with Crippen LogP contribution in [0, 0.1) is 0 Å². The molecule has 0 aliphatic rings. The van der Waals surface area contributed by atoms with Crippen LogP contribution in [0.2, 0.25) is 0 Å². The van der Waals surface area contributed by atoms with E-state index < -0.39 is 12.1 Å². The van der Waals surface area contributed by atoms with E-state index in [0.717, 1.165) is 22.2 Å². The summed E-state index contributed by atoms with van der Waals surface area (Å²) >= 11 is 0. The SMILES string of the molecule is CC(=O)N(C)c1ccc(OC[C@H](O)Cn2cc(/C=N\NC(N)=O)c3ccccc32)cc1. The molecule has 0 fully saturated rings. The molecular weight excluding hydrogens is 398 g/mol. The van der Waals surface area contributed by atoms with Crippen molar-refractivity contribution in [2.75, 3.05) is 18.6 Å². The first kappa shape index (κ1) is 21.8. The molecule has 0 spiro atoms. The third-order valence-electron chi connectivity index (χ3n) is 4.74. The summed E-state index contributed by atoms with van der Waals surface area (Å²) in [5.41, 5.74) is 9.66. The molecule has 0 aliphatic carbocycles. The van der Waals surface area contributed by atoms with E-state index in [9.17, 15) is 14.7 Å². The number of para-hydroxylation sites is 1. The van der Waals surface area contributed by atoms with Crippen LogP contribution in [-0.2, 0) is 11.3 Å². The maximum absolute atomic E-state index is 11.4. The highest BCUT2D eigenvalue weighted by Gasteiger charge is 2.12. The number of aliphatic hydroxyl groups excluding tert-OH is 1. The Bertz CT molecular complexity index is 1090. The number of hydrazone groups is 1. The fraction of sp³-hybridized carbons (Fsp3) is 0.227. The second-order valence-electron chi connectivity index (χ2n) is 7.02. The van der Waals surface area contributed by atoms with Crippen LogP contribution < -0.4 is 20.8 Å². The molecule has 0 saturated heterocycles. The first-order valence-corrected chi connectivity index (χ1v) is 9.66. The van der Waals surface area contributed by atoms with Gasteiger partial charge in [-0.1, -0.05) is 18.2 Å². The van der Waals surface area contributed by atoms with E-state index in [1.54, 1.807) is 31.3 Å². The molecule has 3 amide bonds. The molecule has 0 radical (unpaired) electrons. The zero-order valence-corrected chi connectivity index (χ0v) is 17.4. The number of carbonyl (C=O) groups excluding carboxylic acids is 2. The van der Waals surface area contributed by atoms with E-state index in [0.29, 0.717) is 12.3 Å². The predicted molar refractivity (Wildman–Crippen MR) is 119 cm³/mol. The second-order valence-corrected chi connectivity index (χ2v) is 7.02. The zero-order chi connectivity index (χ0) is 22.4. The Morgan fingerprint density at radius 1 is 1.26 bits per heavy atom. The quantitative estimate of drug-likeness (QED) is 0.379. The summed E-state index contributed by atoms with van der Waals surface area (Å²) in [5.74, 6) is 0.542. The number of aromatic nitrogens is 1. The van der Waals surface area contributed by atoms with Gasteiger partial charge in [0.1, 0.15) is 18.5 Å². The molecule has 9 heteroatoms. The molecule has 0 aliphatic heterocycles. The minimum atomic E-state index is -0.760. The van der Waals surface area contributed by atoms with Crippen molar-refractivity contribution in [3.8, 4) is 5.75 Å². The van der Waals surface area contributed by atoms with Crippen LogP contribution in [0.5, 0.6) is 5.75 Å². The lowest BCUT2D eigenvalue weighted by Gasteiger charge is -2.16. The molecule has 4 N–H and O–H groups in total. The number of aliphatic hydroxyl groups is 1. The van der Waals surface area contributed by atoms with Crippen LogP contribution in [0.15, 0.2) is 59.8 Å². The van der Waals surface area contributed by atoms with Gasteiger partial charge in [-0.2, -0.15) is 5.10 Å². The number of primary amides is 1. The summed E-state index contributed by atoms with van der Waals surface area (Å²) in [5, 5.41) is 15.2. The minimum Gasteiger partial charge on any atom is -0.491 e. The molecule has 9 nitrogen and oxygen atoms in total. The number of nitrogens with zero attached hydrogens (tertiary/aromatic N) is 3. The van der Waals surface area contributed by atoms with E-state index in [4.69, 9.17) is 10.5 Å². The van der Waals surface area contributed by atoms with Crippen LogP contribution in [0.25, 0.3) is 10.9 Å². The first-order chi connectivity index (χ1) is 14.8. The van der Waals surface area contributed by atoms with Gasteiger partial charge in [0.15, 0.2) is 0 Å². The molecule has 0 bridgehead atoms. The number of amides is 3. The van der Waals surface area contributed by atoms with Gasteiger partial charge in [0.05, 0.1) is 12.8 Å².